The van der Waals surface area contributed by atoms with E-state index in [9.17, 15) is 0 Å². The summed E-state index contributed by atoms with van der Waals surface area (Å²) in [5.74, 6) is 0. The van der Waals surface area contributed by atoms with Gasteiger partial charge in [-0.3, -0.25) is 0 Å². The molecule has 0 unspecified atom stereocenters. The molecule has 1 atom stereocenters. The molecule has 2 heteroatoms. The molecule has 1 N–H and O–H groups in total. The molecule has 1 aliphatic rings. The number of benzene rings is 1. The number of hydrogen-bond acceptors (Lipinski definition) is 2. The van der Waals surface area contributed by atoms with Crippen LogP contribution in [0.4, 0.5) is 0 Å². The Balaban J connectivity index is 2.04. The summed E-state index contributed by atoms with van der Waals surface area (Å²) in [6.45, 7) is 1.15. The summed E-state index contributed by atoms with van der Waals surface area (Å²) in [5, 5.41) is 4.70. The third kappa shape index (κ3) is 1.23. The topological polar surface area (TPSA) is 25.2 Å². The lowest BCUT2D eigenvalue weighted by Gasteiger charge is -2.09. The molecule has 1 aromatic carbocycles. The molecule has 2 heterocycles. The zero-order valence-corrected chi connectivity index (χ0v) is 7.99. The van der Waals surface area contributed by atoms with E-state index in [2.05, 4.69) is 23.5 Å². The summed E-state index contributed by atoms with van der Waals surface area (Å²) >= 11 is 0. The average molecular weight is 187 g/mol. The first-order valence-electron chi connectivity index (χ1n) is 5.14. The van der Waals surface area contributed by atoms with Crippen LogP contribution >= 0.6 is 0 Å². The molecule has 0 bridgehead atoms. The molecule has 1 aliphatic heterocycles. The van der Waals surface area contributed by atoms with Gasteiger partial charge in [-0.2, -0.15) is 0 Å². The summed E-state index contributed by atoms with van der Waals surface area (Å²) < 4.78 is 5.32. The lowest BCUT2D eigenvalue weighted by molar-refractivity contribution is 0.614. The minimum Gasteiger partial charge on any atom is -0.464 e. The van der Waals surface area contributed by atoms with E-state index in [0.29, 0.717) is 6.04 Å². The van der Waals surface area contributed by atoms with E-state index < -0.39 is 0 Å². The largest absolute Gasteiger partial charge is 0.464 e. The standard InChI is InChI=1S/C12H13NO/c1-2-11(13-6-1)9-3-4-12-10(8-9)5-7-14-12/h3-5,7-8,11,13H,1-2,6H2/t11-/m0/s1. The Bertz CT molecular complexity index is 440. The highest BCUT2D eigenvalue weighted by Crippen LogP contribution is 2.26. The van der Waals surface area contributed by atoms with Crippen molar-refractivity contribution >= 4 is 11.0 Å². The van der Waals surface area contributed by atoms with Crippen LogP contribution in [0, 0.1) is 0 Å². The monoisotopic (exact) mass is 187 g/mol. The van der Waals surface area contributed by atoms with E-state index in [1.807, 2.05) is 6.07 Å². The van der Waals surface area contributed by atoms with Gasteiger partial charge >= 0.3 is 0 Å². The number of hydrogen-bond donors (Lipinski definition) is 1. The molecule has 1 saturated heterocycles. The Morgan fingerprint density at radius 1 is 1.29 bits per heavy atom. The fourth-order valence-electron chi connectivity index (χ4n) is 2.17. The van der Waals surface area contributed by atoms with Crippen LogP contribution in [-0.4, -0.2) is 6.54 Å². The lowest BCUT2D eigenvalue weighted by Crippen LogP contribution is -2.12. The average Bonchev–Trinajstić information content (AvgIpc) is 2.88. The van der Waals surface area contributed by atoms with Crippen molar-refractivity contribution in [3.63, 3.8) is 0 Å². The summed E-state index contributed by atoms with van der Waals surface area (Å²) in [6, 6.07) is 9.02. The van der Waals surface area contributed by atoms with Gasteiger partial charge in [-0.15, -0.1) is 0 Å². The Hall–Kier alpha value is -1.28. The maximum absolute atomic E-state index is 5.32. The molecular weight excluding hydrogens is 174 g/mol. The third-order valence-electron chi connectivity index (χ3n) is 2.94. The zero-order valence-electron chi connectivity index (χ0n) is 7.99. The van der Waals surface area contributed by atoms with Gasteiger partial charge in [0.05, 0.1) is 6.26 Å². The first-order chi connectivity index (χ1) is 6.93. The van der Waals surface area contributed by atoms with Crippen molar-refractivity contribution < 1.29 is 4.42 Å². The van der Waals surface area contributed by atoms with Crippen molar-refractivity contribution in [2.45, 2.75) is 18.9 Å². The fraction of sp³-hybridized carbons (Fsp3) is 0.333. The van der Waals surface area contributed by atoms with E-state index >= 15 is 0 Å². The molecule has 1 fully saturated rings. The molecule has 0 radical (unpaired) electrons. The molecule has 2 nitrogen and oxygen atoms in total. The van der Waals surface area contributed by atoms with Crippen LogP contribution < -0.4 is 5.32 Å². The summed E-state index contributed by atoms with van der Waals surface area (Å²) in [4.78, 5) is 0. The number of nitrogens with one attached hydrogen (secondary N) is 1. The van der Waals surface area contributed by atoms with Gasteiger partial charge in [0.1, 0.15) is 5.58 Å². The SMILES string of the molecule is c1cc2cc([C@@H]3CCCN3)ccc2o1. The van der Waals surface area contributed by atoms with Gasteiger partial charge in [-0.05, 0) is 43.1 Å². The Labute approximate surface area is 82.9 Å². The third-order valence-corrected chi connectivity index (χ3v) is 2.94. The van der Waals surface area contributed by atoms with Crippen molar-refractivity contribution in [1.82, 2.24) is 5.32 Å². The first-order valence-corrected chi connectivity index (χ1v) is 5.14. The Kier molecular flexibility index (Phi) is 1.81. The number of furan rings is 1. The van der Waals surface area contributed by atoms with Gasteiger partial charge in [0.25, 0.3) is 0 Å². The summed E-state index contributed by atoms with van der Waals surface area (Å²) in [7, 11) is 0. The minimum atomic E-state index is 0.550. The van der Waals surface area contributed by atoms with Gasteiger partial charge in [-0.1, -0.05) is 6.07 Å². The van der Waals surface area contributed by atoms with E-state index in [4.69, 9.17) is 4.42 Å². The van der Waals surface area contributed by atoms with Gasteiger partial charge < -0.3 is 9.73 Å². The maximum atomic E-state index is 5.32. The molecule has 2 aromatic rings. The molecule has 0 spiro atoms. The van der Waals surface area contributed by atoms with Crippen LogP contribution in [0.15, 0.2) is 34.9 Å². The van der Waals surface area contributed by atoms with Crippen LogP contribution in [0.1, 0.15) is 24.4 Å². The van der Waals surface area contributed by atoms with Crippen LogP contribution in [0.2, 0.25) is 0 Å². The second-order valence-electron chi connectivity index (χ2n) is 3.87. The maximum Gasteiger partial charge on any atom is 0.133 e. The quantitative estimate of drug-likeness (QED) is 0.742. The minimum absolute atomic E-state index is 0.550. The predicted octanol–water partition coefficient (Wildman–Crippen LogP) is 2.86. The number of rotatable bonds is 1. The Morgan fingerprint density at radius 2 is 2.29 bits per heavy atom. The highest BCUT2D eigenvalue weighted by Gasteiger charge is 2.16. The van der Waals surface area contributed by atoms with Gasteiger partial charge in [0.2, 0.25) is 0 Å². The van der Waals surface area contributed by atoms with E-state index in [0.717, 1.165) is 12.1 Å². The van der Waals surface area contributed by atoms with Crippen molar-refractivity contribution in [3.8, 4) is 0 Å². The molecule has 1 aromatic heterocycles. The van der Waals surface area contributed by atoms with E-state index in [1.165, 1.54) is 23.8 Å². The van der Waals surface area contributed by atoms with Crippen LogP contribution in [0.5, 0.6) is 0 Å². The van der Waals surface area contributed by atoms with Crippen molar-refractivity contribution in [1.29, 1.82) is 0 Å². The summed E-state index contributed by atoms with van der Waals surface area (Å²) in [6.07, 6.45) is 4.29. The fourth-order valence-corrected chi connectivity index (χ4v) is 2.17. The van der Waals surface area contributed by atoms with Crippen LogP contribution in [0.25, 0.3) is 11.0 Å². The van der Waals surface area contributed by atoms with Crippen molar-refractivity contribution in [3.05, 3.63) is 36.1 Å². The molecule has 14 heavy (non-hydrogen) atoms. The normalized spacial score (nSPS) is 21.9. The molecule has 0 amide bonds. The van der Waals surface area contributed by atoms with Crippen molar-refractivity contribution in [2.24, 2.45) is 0 Å². The first kappa shape index (κ1) is 8.06. The second-order valence-corrected chi connectivity index (χ2v) is 3.87. The van der Waals surface area contributed by atoms with Gasteiger partial charge in [0, 0.05) is 11.4 Å². The van der Waals surface area contributed by atoms with E-state index in [1.54, 1.807) is 6.26 Å². The van der Waals surface area contributed by atoms with E-state index in [-0.39, 0.29) is 0 Å². The number of fused-ring (bicyclic) bond motifs is 1. The lowest BCUT2D eigenvalue weighted by atomic mass is 10.0. The molecular formula is C12H13NO. The summed E-state index contributed by atoms with van der Waals surface area (Å²) in [5.41, 5.74) is 2.36. The second kappa shape index (κ2) is 3.14. The van der Waals surface area contributed by atoms with Crippen LogP contribution in [0.3, 0.4) is 0 Å². The van der Waals surface area contributed by atoms with Crippen molar-refractivity contribution in [2.75, 3.05) is 6.54 Å². The van der Waals surface area contributed by atoms with Gasteiger partial charge in [-0.25, -0.2) is 0 Å². The molecule has 0 aliphatic carbocycles. The molecule has 72 valence electrons. The highest BCUT2D eigenvalue weighted by molar-refractivity contribution is 5.77. The van der Waals surface area contributed by atoms with Gasteiger partial charge in [0.15, 0.2) is 0 Å². The molecule has 3 rings (SSSR count). The predicted molar refractivity (Wildman–Crippen MR) is 56.2 cm³/mol. The van der Waals surface area contributed by atoms with Crippen LogP contribution in [-0.2, 0) is 0 Å². The Morgan fingerprint density at radius 3 is 3.14 bits per heavy atom. The highest BCUT2D eigenvalue weighted by atomic mass is 16.3. The zero-order chi connectivity index (χ0) is 9.38. The molecule has 0 saturated carbocycles. The smallest absolute Gasteiger partial charge is 0.133 e.